The molecule has 5 heteroatoms. The predicted octanol–water partition coefficient (Wildman–Crippen LogP) is 1.94. The van der Waals surface area contributed by atoms with Gasteiger partial charge in [0.15, 0.2) is 0 Å². The molecular formula is C19H24N4O. The van der Waals surface area contributed by atoms with Gasteiger partial charge < -0.3 is 15.1 Å². The number of carbonyl (C=O) groups is 1. The Labute approximate surface area is 143 Å². The van der Waals surface area contributed by atoms with Crippen LogP contribution in [-0.2, 0) is 13.0 Å². The van der Waals surface area contributed by atoms with Crippen LogP contribution in [0.1, 0.15) is 21.5 Å². The Morgan fingerprint density at radius 3 is 2.83 bits per heavy atom. The molecule has 0 aliphatic carbocycles. The summed E-state index contributed by atoms with van der Waals surface area (Å²) >= 11 is 0. The van der Waals surface area contributed by atoms with E-state index >= 15 is 0 Å². The molecule has 0 spiro atoms. The molecule has 0 unspecified atom stereocenters. The number of nitrogens with zero attached hydrogens (tertiary/aromatic N) is 3. The lowest BCUT2D eigenvalue weighted by Crippen LogP contribution is -2.32. The van der Waals surface area contributed by atoms with Crippen LogP contribution in [0.25, 0.3) is 0 Å². The molecule has 1 aromatic heterocycles. The number of fused-ring (bicyclic) bond motifs is 1. The zero-order valence-corrected chi connectivity index (χ0v) is 14.3. The van der Waals surface area contributed by atoms with Gasteiger partial charge in [0.2, 0.25) is 0 Å². The predicted molar refractivity (Wildman–Crippen MR) is 96.3 cm³/mol. The first-order valence-corrected chi connectivity index (χ1v) is 8.33. The summed E-state index contributed by atoms with van der Waals surface area (Å²) in [5, 5.41) is 2.94. The van der Waals surface area contributed by atoms with Gasteiger partial charge >= 0.3 is 0 Å². The molecule has 3 rings (SSSR count). The van der Waals surface area contributed by atoms with E-state index in [1.165, 1.54) is 11.1 Å². The minimum atomic E-state index is -0.0661. The minimum absolute atomic E-state index is 0.0661. The van der Waals surface area contributed by atoms with Crippen molar-refractivity contribution in [1.82, 2.24) is 15.2 Å². The molecule has 0 saturated heterocycles. The second-order valence-electron chi connectivity index (χ2n) is 6.43. The Bertz CT molecular complexity index is 714. The average molecular weight is 324 g/mol. The van der Waals surface area contributed by atoms with Crippen molar-refractivity contribution in [1.29, 1.82) is 0 Å². The van der Waals surface area contributed by atoms with Crippen molar-refractivity contribution in [2.45, 2.75) is 13.0 Å². The molecule has 0 fully saturated rings. The van der Waals surface area contributed by atoms with Gasteiger partial charge in [0.25, 0.3) is 5.91 Å². The molecule has 1 aliphatic heterocycles. The van der Waals surface area contributed by atoms with Gasteiger partial charge in [-0.1, -0.05) is 24.3 Å². The molecule has 2 aromatic rings. The maximum Gasteiger partial charge on any atom is 0.252 e. The van der Waals surface area contributed by atoms with E-state index in [-0.39, 0.29) is 5.91 Å². The fraction of sp³-hybridized carbons (Fsp3) is 0.368. The maximum absolute atomic E-state index is 12.3. The molecule has 1 aliphatic rings. The second-order valence-corrected chi connectivity index (χ2v) is 6.43. The van der Waals surface area contributed by atoms with E-state index in [0.717, 1.165) is 31.7 Å². The Kier molecular flexibility index (Phi) is 5.11. The fourth-order valence-corrected chi connectivity index (χ4v) is 2.94. The van der Waals surface area contributed by atoms with Crippen LogP contribution >= 0.6 is 0 Å². The van der Waals surface area contributed by atoms with Gasteiger partial charge in [-0.3, -0.25) is 9.78 Å². The quantitative estimate of drug-likeness (QED) is 0.913. The van der Waals surface area contributed by atoms with Crippen LogP contribution in [0.4, 0.5) is 5.69 Å². The third-order valence-corrected chi connectivity index (χ3v) is 4.33. The van der Waals surface area contributed by atoms with Crippen LogP contribution in [0.5, 0.6) is 0 Å². The number of pyridine rings is 1. The van der Waals surface area contributed by atoms with Crippen molar-refractivity contribution in [2.24, 2.45) is 0 Å². The Hall–Kier alpha value is -2.40. The SMILES string of the molecule is CN(C)CCNC(=O)c1cncc(N2CCc3ccccc3C2)c1. The topological polar surface area (TPSA) is 48.5 Å². The van der Waals surface area contributed by atoms with Gasteiger partial charge in [-0.05, 0) is 37.7 Å². The Morgan fingerprint density at radius 2 is 2.04 bits per heavy atom. The Balaban J connectivity index is 1.68. The number of likely N-dealkylation sites (N-methyl/N-ethyl adjacent to an activating group) is 1. The lowest BCUT2D eigenvalue weighted by molar-refractivity contribution is 0.0950. The van der Waals surface area contributed by atoms with E-state index in [1.54, 1.807) is 6.20 Å². The van der Waals surface area contributed by atoms with Crippen molar-refractivity contribution < 1.29 is 4.79 Å². The molecule has 1 N–H and O–H groups in total. The van der Waals surface area contributed by atoms with E-state index in [0.29, 0.717) is 12.1 Å². The summed E-state index contributed by atoms with van der Waals surface area (Å²) < 4.78 is 0. The van der Waals surface area contributed by atoms with Gasteiger partial charge in [0.05, 0.1) is 17.4 Å². The molecule has 2 heterocycles. The van der Waals surface area contributed by atoms with Crippen LogP contribution in [0, 0.1) is 0 Å². The first kappa shape index (κ1) is 16.5. The summed E-state index contributed by atoms with van der Waals surface area (Å²) in [6.07, 6.45) is 4.49. The minimum Gasteiger partial charge on any atom is -0.366 e. The molecule has 5 nitrogen and oxygen atoms in total. The number of carbonyl (C=O) groups excluding carboxylic acids is 1. The van der Waals surface area contributed by atoms with E-state index in [1.807, 2.05) is 31.3 Å². The Morgan fingerprint density at radius 1 is 1.25 bits per heavy atom. The van der Waals surface area contributed by atoms with Crippen LogP contribution in [-0.4, -0.2) is 49.5 Å². The zero-order valence-electron chi connectivity index (χ0n) is 14.3. The maximum atomic E-state index is 12.3. The van der Waals surface area contributed by atoms with Gasteiger partial charge in [0.1, 0.15) is 0 Å². The lowest BCUT2D eigenvalue weighted by Gasteiger charge is -2.30. The molecule has 0 atom stereocenters. The summed E-state index contributed by atoms with van der Waals surface area (Å²) in [5.41, 5.74) is 4.39. The molecule has 0 radical (unpaired) electrons. The van der Waals surface area contributed by atoms with E-state index in [4.69, 9.17) is 0 Å². The molecule has 1 aromatic carbocycles. The first-order chi connectivity index (χ1) is 11.6. The number of benzene rings is 1. The standard InChI is InChI=1S/C19H24N4O/c1-22(2)10-8-21-19(24)17-11-18(13-20-12-17)23-9-7-15-5-3-4-6-16(15)14-23/h3-6,11-13H,7-10,14H2,1-2H3,(H,21,24). The number of hydrogen-bond donors (Lipinski definition) is 1. The number of aromatic nitrogens is 1. The highest BCUT2D eigenvalue weighted by Gasteiger charge is 2.17. The summed E-state index contributed by atoms with van der Waals surface area (Å²) in [5.74, 6) is -0.0661. The summed E-state index contributed by atoms with van der Waals surface area (Å²) in [4.78, 5) is 20.9. The van der Waals surface area contributed by atoms with Crippen molar-refractivity contribution in [2.75, 3.05) is 38.6 Å². The number of amides is 1. The monoisotopic (exact) mass is 324 g/mol. The lowest BCUT2D eigenvalue weighted by atomic mass is 9.99. The smallest absolute Gasteiger partial charge is 0.252 e. The van der Waals surface area contributed by atoms with Gasteiger partial charge in [0, 0.05) is 32.4 Å². The number of rotatable bonds is 5. The average Bonchev–Trinajstić information content (AvgIpc) is 2.61. The highest BCUT2D eigenvalue weighted by Crippen LogP contribution is 2.24. The van der Waals surface area contributed by atoms with Crippen molar-refractivity contribution in [3.63, 3.8) is 0 Å². The highest BCUT2D eigenvalue weighted by atomic mass is 16.1. The summed E-state index contributed by atoms with van der Waals surface area (Å²) in [7, 11) is 3.98. The molecule has 1 amide bonds. The number of nitrogens with one attached hydrogen (secondary N) is 1. The van der Waals surface area contributed by atoms with Crippen molar-refractivity contribution >= 4 is 11.6 Å². The molecule has 126 valence electrons. The molecular weight excluding hydrogens is 300 g/mol. The molecule has 0 bridgehead atoms. The second kappa shape index (κ2) is 7.45. The van der Waals surface area contributed by atoms with Gasteiger partial charge in [-0.2, -0.15) is 0 Å². The van der Waals surface area contributed by atoms with E-state index in [9.17, 15) is 4.79 Å². The fourth-order valence-electron chi connectivity index (χ4n) is 2.94. The van der Waals surface area contributed by atoms with Crippen LogP contribution < -0.4 is 10.2 Å². The molecule has 24 heavy (non-hydrogen) atoms. The third kappa shape index (κ3) is 3.92. The number of hydrogen-bond acceptors (Lipinski definition) is 4. The van der Waals surface area contributed by atoms with Crippen LogP contribution in [0.3, 0.4) is 0 Å². The van der Waals surface area contributed by atoms with E-state index < -0.39 is 0 Å². The van der Waals surface area contributed by atoms with Crippen LogP contribution in [0.2, 0.25) is 0 Å². The van der Waals surface area contributed by atoms with Gasteiger partial charge in [-0.25, -0.2) is 0 Å². The first-order valence-electron chi connectivity index (χ1n) is 8.33. The summed E-state index contributed by atoms with van der Waals surface area (Å²) in [6.45, 7) is 3.27. The summed E-state index contributed by atoms with van der Waals surface area (Å²) in [6, 6.07) is 10.5. The van der Waals surface area contributed by atoms with Crippen LogP contribution in [0.15, 0.2) is 42.7 Å². The van der Waals surface area contributed by atoms with Crippen molar-refractivity contribution in [3.8, 4) is 0 Å². The van der Waals surface area contributed by atoms with Gasteiger partial charge in [-0.15, -0.1) is 0 Å². The molecule has 0 saturated carbocycles. The number of anilines is 1. The zero-order chi connectivity index (χ0) is 16.9. The third-order valence-electron chi connectivity index (χ3n) is 4.33. The normalized spacial score (nSPS) is 13.7. The van der Waals surface area contributed by atoms with E-state index in [2.05, 4.69) is 39.5 Å². The van der Waals surface area contributed by atoms with Crippen molar-refractivity contribution in [3.05, 3.63) is 59.4 Å². The highest BCUT2D eigenvalue weighted by molar-refractivity contribution is 5.94. The largest absolute Gasteiger partial charge is 0.366 e.